The third-order valence-corrected chi connectivity index (χ3v) is 19.0. The highest BCUT2D eigenvalue weighted by Gasteiger charge is 2.33. The van der Waals surface area contributed by atoms with Gasteiger partial charge >= 0.3 is 0 Å². The van der Waals surface area contributed by atoms with Crippen LogP contribution in [0.25, 0.3) is 54.7 Å². The van der Waals surface area contributed by atoms with Gasteiger partial charge in [0.1, 0.15) is 23.0 Å². The summed E-state index contributed by atoms with van der Waals surface area (Å²) in [5.41, 5.74) is 6.38. The molecule has 8 nitrogen and oxygen atoms in total. The molecule has 0 saturated carbocycles. The highest BCUT2D eigenvalue weighted by molar-refractivity contribution is 7.34. The number of para-hydroxylation sites is 4. The average molecular weight is 1000 g/mol. The van der Waals surface area contributed by atoms with Crippen LogP contribution < -0.4 is 18.1 Å². The molecule has 0 bridgehead atoms. The van der Waals surface area contributed by atoms with Gasteiger partial charge in [-0.25, -0.2) is 0 Å². The molecule has 0 aliphatic carbocycles. The largest absolute Gasteiger partial charge is 0.474 e. The van der Waals surface area contributed by atoms with Crippen molar-refractivity contribution in [2.45, 2.75) is 89.4 Å². The summed E-state index contributed by atoms with van der Waals surface area (Å²) in [4.78, 5) is 0. The van der Waals surface area contributed by atoms with E-state index < -0.39 is 0 Å². The molecule has 0 saturated heterocycles. The van der Waals surface area contributed by atoms with Gasteiger partial charge in [-0.05, 0) is 141 Å². The lowest BCUT2D eigenvalue weighted by atomic mass is 10.0. The van der Waals surface area contributed by atoms with E-state index in [4.69, 9.17) is 18.1 Å². The van der Waals surface area contributed by atoms with Gasteiger partial charge in [-0.1, -0.05) is 106 Å². The fraction of sp³-hybridized carbons (Fsp3) is 0.241. The Balaban J connectivity index is 1.09. The van der Waals surface area contributed by atoms with Crippen molar-refractivity contribution >= 4 is 78.8 Å². The Morgan fingerprint density at radius 2 is 0.771 bits per heavy atom. The Morgan fingerprint density at radius 3 is 1.23 bits per heavy atom. The van der Waals surface area contributed by atoms with Gasteiger partial charge in [0.15, 0.2) is 0 Å². The molecule has 358 valence electrons. The minimum atomic E-state index is -0.385. The van der Waals surface area contributed by atoms with E-state index in [2.05, 4.69) is 249 Å². The number of hydrogen-bond acceptors (Lipinski definition) is 4. The van der Waals surface area contributed by atoms with Crippen LogP contribution in [0.2, 0.25) is 0 Å². The maximum Gasteiger partial charge on any atom is 0.134 e. The van der Waals surface area contributed by atoms with Crippen molar-refractivity contribution in [2.24, 2.45) is 0 Å². The Labute approximate surface area is 419 Å². The van der Waals surface area contributed by atoms with Gasteiger partial charge in [-0.2, -0.15) is 0 Å². The molecule has 7 atom stereocenters. The third-order valence-electron chi connectivity index (χ3n) is 13.9. The van der Waals surface area contributed by atoms with Crippen LogP contribution in [0.15, 0.2) is 183 Å². The molecule has 10 rings (SSSR count). The highest BCUT2D eigenvalue weighted by atomic mass is 31.1. The van der Waals surface area contributed by atoms with Crippen molar-refractivity contribution in [1.29, 1.82) is 0 Å². The molecule has 10 aromatic rings. The molecule has 0 fully saturated rings. The lowest BCUT2D eigenvalue weighted by molar-refractivity contribution is 0.443. The lowest BCUT2D eigenvalue weighted by Gasteiger charge is -2.32. The molecule has 4 heterocycles. The van der Waals surface area contributed by atoms with Crippen LogP contribution in [0.1, 0.15) is 73.5 Å². The molecule has 0 radical (unpaired) electrons. The molecule has 0 amide bonds. The molecule has 12 heteroatoms. The molecule has 70 heavy (non-hydrogen) atoms. The summed E-state index contributed by atoms with van der Waals surface area (Å²) < 4.78 is 38.4. The van der Waals surface area contributed by atoms with E-state index in [1.807, 2.05) is 0 Å². The second-order valence-corrected chi connectivity index (χ2v) is 24.6. The molecule has 0 aliphatic heterocycles. The maximum atomic E-state index is 7.27. The minimum absolute atomic E-state index is 0.0471. The normalized spacial score (nSPS) is 14.9. The lowest BCUT2D eigenvalue weighted by Crippen LogP contribution is -2.24. The Kier molecular flexibility index (Phi) is 13.9. The second kappa shape index (κ2) is 20.3. The first kappa shape index (κ1) is 48.0. The Bertz CT molecular complexity index is 3430. The number of aromatic nitrogens is 4. The van der Waals surface area contributed by atoms with Crippen molar-refractivity contribution in [3.05, 3.63) is 183 Å². The average Bonchev–Trinajstić information content (AvgIpc) is 4.23. The van der Waals surface area contributed by atoms with Gasteiger partial charge in [0, 0.05) is 46.9 Å². The van der Waals surface area contributed by atoms with Gasteiger partial charge < -0.3 is 36.4 Å². The van der Waals surface area contributed by atoms with Crippen LogP contribution >= 0.6 is 35.2 Å². The van der Waals surface area contributed by atoms with Crippen LogP contribution in [0, 0.1) is 0 Å². The molecule has 0 aliphatic rings. The summed E-state index contributed by atoms with van der Waals surface area (Å²) >= 11 is 0. The van der Waals surface area contributed by atoms with Gasteiger partial charge in [0.05, 0.1) is 68.0 Å². The van der Waals surface area contributed by atoms with E-state index in [9.17, 15) is 0 Å². The summed E-state index contributed by atoms with van der Waals surface area (Å²) in [6, 6.07) is 55.5. The highest BCUT2D eigenvalue weighted by Crippen LogP contribution is 2.56. The van der Waals surface area contributed by atoms with Crippen molar-refractivity contribution in [3.63, 3.8) is 0 Å². The van der Waals surface area contributed by atoms with E-state index >= 15 is 0 Å². The zero-order valence-corrected chi connectivity index (χ0v) is 44.9. The van der Waals surface area contributed by atoms with Crippen molar-refractivity contribution in [1.82, 2.24) is 18.3 Å². The van der Waals surface area contributed by atoms with E-state index in [1.165, 1.54) is 43.6 Å². The molecule has 0 spiro atoms. The van der Waals surface area contributed by atoms with Crippen molar-refractivity contribution < 1.29 is 18.1 Å². The fourth-order valence-corrected chi connectivity index (χ4v) is 13.1. The number of nitrogens with zero attached hydrogens (tertiary/aromatic N) is 4. The van der Waals surface area contributed by atoms with Crippen LogP contribution in [-0.4, -0.2) is 18.3 Å². The zero-order chi connectivity index (χ0) is 48.5. The molecule has 4 aromatic heterocycles. The molecular formula is C58H62N4O4P4. The summed E-state index contributed by atoms with van der Waals surface area (Å²) in [7, 11) is 0.284. The van der Waals surface area contributed by atoms with Gasteiger partial charge in [-0.15, -0.1) is 0 Å². The SMILES string of the molecule is CCC(POc1cccc(OPC(C)(CC)n2ccc3ccccc32)c1-c1c(OPC(C)(C)n2ccc3ccccc32)cccc1OPC(C)(CC)n1ccc2ccccc21)n1ccc2ccccc21. The number of rotatable bonds is 20. The molecule has 6 aromatic carbocycles. The van der Waals surface area contributed by atoms with Crippen molar-refractivity contribution in [2.75, 3.05) is 0 Å². The van der Waals surface area contributed by atoms with Gasteiger partial charge in [0.2, 0.25) is 0 Å². The van der Waals surface area contributed by atoms with Crippen LogP contribution in [0.3, 0.4) is 0 Å². The topological polar surface area (TPSA) is 56.6 Å². The van der Waals surface area contributed by atoms with Gasteiger partial charge in [-0.3, -0.25) is 0 Å². The predicted octanol–water partition coefficient (Wildman–Crippen LogP) is 17.6. The first-order chi connectivity index (χ1) is 34.0. The third kappa shape index (κ3) is 9.26. The first-order valence-corrected chi connectivity index (χ1v) is 28.0. The quantitative estimate of drug-likeness (QED) is 0.0714. The molecular weight excluding hydrogens is 941 g/mol. The maximum absolute atomic E-state index is 7.27. The first-order valence-electron chi connectivity index (χ1n) is 24.3. The van der Waals surface area contributed by atoms with E-state index in [-0.39, 0.29) is 56.9 Å². The number of fused-ring (bicyclic) bond motifs is 4. The van der Waals surface area contributed by atoms with Crippen LogP contribution in [-0.2, 0) is 15.8 Å². The Hall–Kier alpha value is -5.60. The fourth-order valence-electron chi connectivity index (χ4n) is 9.44. The van der Waals surface area contributed by atoms with Gasteiger partial charge in [0.25, 0.3) is 0 Å². The summed E-state index contributed by atoms with van der Waals surface area (Å²) in [6.45, 7) is 15.8. The van der Waals surface area contributed by atoms with Crippen molar-refractivity contribution in [3.8, 4) is 34.1 Å². The Morgan fingerprint density at radius 1 is 0.400 bits per heavy atom. The minimum Gasteiger partial charge on any atom is -0.474 e. The van der Waals surface area contributed by atoms with E-state index in [0.29, 0.717) is 17.2 Å². The predicted molar refractivity (Wildman–Crippen MR) is 302 cm³/mol. The summed E-state index contributed by atoms with van der Waals surface area (Å²) in [5.74, 6) is 2.97. The summed E-state index contributed by atoms with van der Waals surface area (Å²) in [5, 5.41) is 3.77. The van der Waals surface area contributed by atoms with E-state index in [1.54, 1.807) is 0 Å². The monoisotopic (exact) mass is 1000 g/mol. The smallest absolute Gasteiger partial charge is 0.134 e. The molecule has 7 unspecified atom stereocenters. The van der Waals surface area contributed by atoms with Crippen LogP contribution in [0.4, 0.5) is 0 Å². The zero-order valence-electron chi connectivity index (χ0n) is 40.9. The summed E-state index contributed by atoms with van der Waals surface area (Å²) in [6.07, 6.45) is 11.4. The van der Waals surface area contributed by atoms with Crippen LogP contribution in [0.5, 0.6) is 23.0 Å². The molecule has 0 N–H and O–H groups in total. The number of benzene rings is 6. The van der Waals surface area contributed by atoms with E-state index in [0.717, 1.165) is 36.1 Å². The standard InChI is InChI=1S/C58H62N4O4P4/c1-8-53(59-37-33-41-21-11-15-25-45(41)59)67-63-49-29-19-31-51(65-69-57(6,9-2)61-39-35-43-23-13-17-27-47(43)61)54(49)55-50(64-68-56(4,5)60-38-34-42-22-12-16-26-46(42)60)30-20-32-52(55)66-70-58(7,10-3)62-40-36-44-24-14-18-28-48(44)62/h11-40,53,67-70H,8-10H2,1-7H3. The second-order valence-electron chi connectivity index (χ2n) is 18.8. The number of hydrogen-bond donors (Lipinski definition) is 0.